The van der Waals surface area contributed by atoms with Gasteiger partial charge in [-0.3, -0.25) is 9.79 Å². The van der Waals surface area contributed by atoms with Gasteiger partial charge in [-0.2, -0.15) is 0 Å². The minimum absolute atomic E-state index is 0.0465. The molecule has 0 amide bonds. The van der Waals surface area contributed by atoms with Gasteiger partial charge in [-0.05, 0) is 56.3 Å². The second kappa shape index (κ2) is 5.67. The molecule has 1 aliphatic heterocycles. The van der Waals surface area contributed by atoms with Crippen LogP contribution in [0.5, 0.6) is 0 Å². The smallest absolute Gasteiger partial charge is 0.213 e. The zero-order chi connectivity index (χ0) is 14.2. The second-order valence-electron chi connectivity index (χ2n) is 7.09. The van der Waals surface area contributed by atoms with E-state index >= 15 is 0 Å². The molecule has 0 bridgehead atoms. The fourth-order valence-electron chi connectivity index (χ4n) is 3.92. The average molecular weight is 291 g/mol. The SMILES string of the molecule is CC1(C)CCCC2=C1CC(C=NC1CCSC1=O)CC2. The Morgan fingerprint density at radius 2 is 2.15 bits per heavy atom. The fourth-order valence-corrected chi connectivity index (χ4v) is 4.83. The van der Waals surface area contributed by atoms with Crippen molar-refractivity contribution in [1.82, 2.24) is 0 Å². The van der Waals surface area contributed by atoms with Crippen molar-refractivity contribution in [2.45, 2.75) is 64.8 Å². The fraction of sp³-hybridized carbons (Fsp3) is 0.765. The van der Waals surface area contributed by atoms with Crippen molar-refractivity contribution >= 4 is 23.1 Å². The van der Waals surface area contributed by atoms with E-state index in [0.717, 1.165) is 12.2 Å². The molecule has 0 aromatic heterocycles. The Morgan fingerprint density at radius 1 is 1.30 bits per heavy atom. The highest BCUT2D eigenvalue weighted by molar-refractivity contribution is 8.14. The number of aliphatic imine (C=N–C) groups is 1. The molecule has 0 N–H and O–H groups in total. The first kappa shape index (κ1) is 14.4. The third kappa shape index (κ3) is 2.88. The van der Waals surface area contributed by atoms with Gasteiger partial charge in [0.25, 0.3) is 0 Å². The first-order chi connectivity index (χ1) is 9.56. The highest BCUT2D eigenvalue weighted by atomic mass is 32.2. The number of hydrogen-bond donors (Lipinski definition) is 0. The molecular weight excluding hydrogens is 266 g/mol. The lowest BCUT2D eigenvalue weighted by Gasteiger charge is -2.39. The molecule has 2 atom stereocenters. The summed E-state index contributed by atoms with van der Waals surface area (Å²) in [5, 5.41) is 0.273. The Hall–Kier alpha value is -0.570. The molecule has 0 aromatic rings. The van der Waals surface area contributed by atoms with Crippen LogP contribution in [0.3, 0.4) is 0 Å². The molecule has 0 aromatic carbocycles. The molecule has 3 rings (SSSR count). The van der Waals surface area contributed by atoms with E-state index in [1.165, 1.54) is 50.3 Å². The van der Waals surface area contributed by atoms with Gasteiger partial charge in [0.2, 0.25) is 5.12 Å². The molecule has 0 spiro atoms. The predicted octanol–water partition coefficient (Wildman–Crippen LogP) is 4.40. The standard InChI is InChI=1S/C17H25NOS/c1-17(2)8-3-4-13-6-5-12(10-14(13)17)11-18-15-7-9-20-16(15)19/h11-12,15H,3-10H2,1-2H3. The van der Waals surface area contributed by atoms with Gasteiger partial charge in [0.15, 0.2) is 0 Å². The topological polar surface area (TPSA) is 29.4 Å². The van der Waals surface area contributed by atoms with Crippen LogP contribution < -0.4 is 0 Å². The molecule has 1 fully saturated rings. The van der Waals surface area contributed by atoms with Crippen molar-refractivity contribution in [3.05, 3.63) is 11.1 Å². The monoisotopic (exact) mass is 291 g/mol. The van der Waals surface area contributed by atoms with Crippen LogP contribution in [0.1, 0.15) is 58.8 Å². The van der Waals surface area contributed by atoms with Gasteiger partial charge >= 0.3 is 0 Å². The van der Waals surface area contributed by atoms with E-state index < -0.39 is 0 Å². The van der Waals surface area contributed by atoms with Crippen LogP contribution in [-0.4, -0.2) is 23.1 Å². The van der Waals surface area contributed by atoms with Gasteiger partial charge in [-0.25, -0.2) is 0 Å². The number of rotatable bonds is 2. The van der Waals surface area contributed by atoms with E-state index in [-0.39, 0.29) is 11.2 Å². The van der Waals surface area contributed by atoms with Crippen LogP contribution in [-0.2, 0) is 4.79 Å². The van der Waals surface area contributed by atoms with Gasteiger partial charge in [-0.15, -0.1) is 0 Å². The van der Waals surface area contributed by atoms with Crippen LogP contribution in [0.2, 0.25) is 0 Å². The summed E-state index contributed by atoms with van der Waals surface area (Å²) in [5.74, 6) is 1.51. The Morgan fingerprint density at radius 3 is 2.90 bits per heavy atom. The minimum atomic E-state index is -0.0465. The maximum atomic E-state index is 11.6. The van der Waals surface area contributed by atoms with Crippen molar-refractivity contribution < 1.29 is 4.79 Å². The zero-order valence-corrected chi connectivity index (χ0v) is 13.5. The van der Waals surface area contributed by atoms with Gasteiger partial charge < -0.3 is 0 Å². The molecule has 0 saturated carbocycles. The predicted molar refractivity (Wildman–Crippen MR) is 86.4 cm³/mol. The van der Waals surface area contributed by atoms with Crippen LogP contribution >= 0.6 is 11.8 Å². The Labute approximate surface area is 126 Å². The average Bonchev–Trinajstić information content (AvgIpc) is 2.82. The number of allylic oxidation sites excluding steroid dienone is 2. The van der Waals surface area contributed by atoms with Crippen LogP contribution in [0, 0.1) is 11.3 Å². The summed E-state index contributed by atoms with van der Waals surface area (Å²) >= 11 is 1.45. The molecule has 20 heavy (non-hydrogen) atoms. The van der Waals surface area contributed by atoms with Gasteiger partial charge in [-0.1, -0.05) is 36.8 Å². The van der Waals surface area contributed by atoms with Crippen molar-refractivity contribution in [3.8, 4) is 0 Å². The summed E-state index contributed by atoms with van der Waals surface area (Å²) < 4.78 is 0. The van der Waals surface area contributed by atoms with Crippen molar-refractivity contribution in [2.24, 2.45) is 16.3 Å². The number of nitrogens with zero attached hydrogens (tertiary/aromatic N) is 1. The Kier molecular flexibility index (Phi) is 4.07. The van der Waals surface area contributed by atoms with Gasteiger partial charge in [0.1, 0.15) is 6.04 Å². The summed E-state index contributed by atoms with van der Waals surface area (Å²) in [7, 11) is 0. The number of carbonyl (C=O) groups excluding carboxylic acids is 1. The number of thioether (sulfide) groups is 1. The van der Waals surface area contributed by atoms with Gasteiger partial charge in [0.05, 0.1) is 0 Å². The van der Waals surface area contributed by atoms with E-state index in [4.69, 9.17) is 0 Å². The summed E-state index contributed by atoms with van der Waals surface area (Å²) in [5.41, 5.74) is 3.83. The van der Waals surface area contributed by atoms with Gasteiger partial charge in [0, 0.05) is 12.0 Å². The van der Waals surface area contributed by atoms with E-state index in [1.807, 2.05) is 0 Å². The molecule has 110 valence electrons. The van der Waals surface area contributed by atoms with Crippen molar-refractivity contribution in [2.75, 3.05) is 5.75 Å². The number of carbonyl (C=O) groups is 1. The van der Waals surface area contributed by atoms with E-state index in [0.29, 0.717) is 11.3 Å². The molecule has 2 unspecified atom stereocenters. The number of hydrogen-bond acceptors (Lipinski definition) is 3. The lowest BCUT2D eigenvalue weighted by Crippen LogP contribution is -2.26. The first-order valence-electron chi connectivity index (χ1n) is 7.97. The highest BCUT2D eigenvalue weighted by Gasteiger charge is 2.33. The summed E-state index contributed by atoms with van der Waals surface area (Å²) in [6.07, 6.45) is 10.7. The van der Waals surface area contributed by atoms with E-state index in [9.17, 15) is 4.79 Å². The summed E-state index contributed by atoms with van der Waals surface area (Å²) in [6.45, 7) is 4.80. The van der Waals surface area contributed by atoms with Crippen molar-refractivity contribution in [3.63, 3.8) is 0 Å². The molecule has 3 heteroatoms. The van der Waals surface area contributed by atoms with Crippen LogP contribution in [0.4, 0.5) is 0 Å². The largest absolute Gasteiger partial charge is 0.285 e. The molecule has 0 radical (unpaired) electrons. The molecule has 1 heterocycles. The summed E-state index contributed by atoms with van der Waals surface area (Å²) in [6, 6.07) is -0.0465. The first-order valence-corrected chi connectivity index (χ1v) is 8.96. The molecule has 2 nitrogen and oxygen atoms in total. The normalized spacial score (nSPS) is 33.8. The minimum Gasteiger partial charge on any atom is -0.285 e. The van der Waals surface area contributed by atoms with Crippen molar-refractivity contribution in [1.29, 1.82) is 0 Å². The van der Waals surface area contributed by atoms with Crippen LogP contribution in [0.25, 0.3) is 0 Å². The highest BCUT2D eigenvalue weighted by Crippen LogP contribution is 2.47. The molecule has 1 saturated heterocycles. The molecule has 3 aliphatic rings. The third-order valence-corrected chi connectivity index (χ3v) is 6.19. The molecule has 2 aliphatic carbocycles. The Bertz CT molecular complexity index is 464. The maximum absolute atomic E-state index is 11.6. The van der Waals surface area contributed by atoms with Crippen LogP contribution in [0.15, 0.2) is 16.1 Å². The van der Waals surface area contributed by atoms with E-state index in [2.05, 4.69) is 25.1 Å². The maximum Gasteiger partial charge on any atom is 0.213 e. The van der Waals surface area contributed by atoms with E-state index in [1.54, 1.807) is 11.1 Å². The quantitative estimate of drug-likeness (QED) is 0.557. The second-order valence-corrected chi connectivity index (χ2v) is 8.19. The Balaban J connectivity index is 1.68. The lowest BCUT2D eigenvalue weighted by atomic mass is 9.66. The lowest BCUT2D eigenvalue weighted by molar-refractivity contribution is -0.111. The summed E-state index contributed by atoms with van der Waals surface area (Å²) in [4.78, 5) is 16.2. The zero-order valence-electron chi connectivity index (χ0n) is 12.7. The third-order valence-electron chi connectivity index (χ3n) is 5.19. The molecular formula is C17H25NOS.